The van der Waals surface area contributed by atoms with Crippen LogP contribution in [0.5, 0.6) is 0 Å². The van der Waals surface area contributed by atoms with Crippen LogP contribution in [0, 0.1) is 0 Å². The number of rotatable bonds is 1. The van der Waals surface area contributed by atoms with Crippen LogP contribution < -0.4 is 0 Å². The smallest absolute Gasteiger partial charge is 0.116 e. The summed E-state index contributed by atoms with van der Waals surface area (Å²) in [5, 5.41) is 0. The number of aromatic nitrogens is 2. The summed E-state index contributed by atoms with van der Waals surface area (Å²) in [5.74, 6) is 0. The fraction of sp³-hybridized carbons (Fsp3) is 0.286. The van der Waals surface area contributed by atoms with E-state index < -0.39 is 0 Å². The third-order valence-corrected chi connectivity index (χ3v) is 2.61. The molecule has 2 aromatic rings. The molecule has 0 radical (unpaired) electrons. The van der Waals surface area contributed by atoms with Crippen molar-refractivity contribution < 1.29 is 0 Å². The van der Waals surface area contributed by atoms with Gasteiger partial charge in [0, 0.05) is 11.8 Å². The molecule has 0 unspecified atom stereocenters. The Kier molecular flexibility index (Phi) is 2.73. The molecular weight excluding hydrogens is 196 g/mol. The minimum atomic E-state index is 0.170. The summed E-state index contributed by atoms with van der Waals surface area (Å²) in [5.41, 5.74) is 3.61. The van der Waals surface area contributed by atoms with Crippen LogP contribution in [0.25, 0.3) is 11.3 Å². The van der Waals surface area contributed by atoms with Gasteiger partial charge in [-0.1, -0.05) is 39.0 Å². The van der Waals surface area contributed by atoms with Gasteiger partial charge in [0.2, 0.25) is 0 Å². The fourth-order valence-corrected chi connectivity index (χ4v) is 1.61. The molecule has 0 fully saturated rings. The number of hydrogen-bond donors (Lipinski definition) is 0. The zero-order valence-corrected chi connectivity index (χ0v) is 9.94. The maximum absolute atomic E-state index is 4.26. The lowest BCUT2D eigenvalue weighted by molar-refractivity contribution is 0.590. The van der Waals surface area contributed by atoms with Crippen LogP contribution in [0.3, 0.4) is 0 Å². The predicted octanol–water partition coefficient (Wildman–Crippen LogP) is 3.44. The Morgan fingerprint density at radius 1 is 1.06 bits per heavy atom. The van der Waals surface area contributed by atoms with Crippen molar-refractivity contribution in [3.63, 3.8) is 0 Å². The van der Waals surface area contributed by atoms with Crippen LogP contribution in [0.4, 0.5) is 0 Å². The van der Waals surface area contributed by atoms with Crippen molar-refractivity contribution in [1.29, 1.82) is 0 Å². The van der Waals surface area contributed by atoms with Crippen LogP contribution in [-0.4, -0.2) is 9.97 Å². The van der Waals surface area contributed by atoms with Gasteiger partial charge >= 0.3 is 0 Å². The first kappa shape index (κ1) is 10.8. The Bertz CT molecular complexity index is 470. The highest BCUT2D eigenvalue weighted by Gasteiger charge is 2.13. The molecule has 16 heavy (non-hydrogen) atoms. The molecule has 0 bridgehead atoms. The van der Waals surface area contributed by atoms with Crippen molar-refractivity contribution in [2.45, 2.75) is 26.2 Å². The fourth-order valence-electron chi connectivity index (χ4n) is 1.61. The molecule has 0 amide bonds. The molecule has 0 atom stereocenters. The first-order valence-corrected chi connectivity index (χ1v) is 5.44. The molecule has 0 N–H and O–H groups in total. The van der Waals surface area contributed by atoms with Gasteiger partial charge in [0.15, 0.2) is 0 Å². The Balaban J connectivity index is 2.45. The van der Waals surface area contributed by atoms with E-state index in [1.165, 1.54) is 5.56 Å². The van der Waals surface area contributed by atoms with Crippen LogP contribution in [0.1, 0.15) is 26.3 Å². The molecule has 0 aliphatic heterocycles. The van der Waals surface area contributed by atoms with Crippen molar-refractivity contribution in [1.82, 2.24) is 9.97 Å². The maximum Gasteiger partial charge on any atom is 0.116 e. The predicted molar refractivity (Wildman–Crippen MR) is 66.2 cm³/mol. The van der Waals surface area contributed by atoms with E-state index in [9.17, 15) is 0 Å². The molecule has 0 saturated heterocycles. The highest BCUT2D eigenvalue weighted by Crippen LogP contribution is 2.26. The third-order valence-electron chi connectivity index (χ3n) is 2.61. The summed E-state index contributed by atoms with van der Waals surface area (Å²) in [7, 11) is 0. The van der Waals surface area contributed by atoms with E-state index in [0.29, 0.717) is 0 Å². The summed E-state index contributed by atoms with van der Waals surface area (Å²) >= 11 is 0. The van der Waals surface area contributed by atoms with E-state index in [1.807, 2.05) is 6.07 Å². The number of nitrogens with zero attached hydrogens (tertiary/aromatic N) is 2. The van der Waals surface area contributed by atoms with Crippen LogP contribution in [0.15, 0.2) is 42.9 Å². The minimum Gasteiger partial charge on any atom is -0.245 e. The molecule has 1 heterocycles. The summed E-state index contributed by atoms with van der Waals surface area (Å²) in [4.78, 5) is 8.19. The maximum atomic E-state index is 4.26. The average Bonchev–Trinajstić information content (AvgIpc) is 2.29. The second kappa shape index (κ2) is 4.05. The molecule has 2 heteroatoms. The van der Waals surface area contributed by atoms with Crippen LogP contribution in [-0.2, 0) is 5.41 Å². The number of hydrogen-bond acceptors (Lipinski definition) is 2. The zero-order chi connectivity index (χ0) is 11.6. The molecule has 1 aromatic carbocycles. The third kappa shape index (κ3) is 2.27. The highest BCUT2D eigenvalue weighted by atomic mass is 14.8. The Morgan fingerprint density at radius 3 is 2.50 bits per heavy atom. The lowest BCUT2D eigenvalue weighted by Crippen LogP contribution is -2.10. The highest BCUT2D eigenvalue weighted by molar-refractivity contribution is 5.59. The molecule has 0 aliphatic rings. The van der Waals surface area contributed by atoms with E-state index in [2.05, 4.69) is 55.0 Å². The lowest BCUT2D eigenvalue weighted by atomic mass is 9.86. The van der Waals surface area contributed by atoms with Crippen LogP contribution in [0.2, 0.25) is 0 Å². The molecule has 2 rings (SSSR count). The monoisotopic (exact) mass is 212 g/mol. The standard InChI is InChI=1S/C14H16N2/c1-14(2,3)12-6-4-5-11(9-12)13-7-8-15-10-16-13/h4-10H,1-3H3. The summed E-state index contributed by atoms with van der Waals surface area (Å²) in [6.45, 7) is 6.64. The molecule has 2 nitrogen and oxygen atoms in total. The van der Waals surface area contributed by atoms with Crippen molar-refractivity contribution in [3.8, 4) is 11.3 Å². The summed E-state index contributed by atoms with van der Waals surface area (Å²) in [6, 6.07) is 10.4. The van der Waals surface area contributed by atoms with Gasteiger partial charge in [0.05, 0.1) is 5.69 Å². The van der Waals surface area contributed by atoms with E-state index in [1.54, 1.807) is 12.5 Å². The Labute approximate surface area is 96.4 Å². The van der Waals surface area contributed by atoms with Crippen molar-refractivity contribution >= 4 is 0 Å². The zero-order valence-electron chi connectivity index (χ0n) is 9.94. The number of benzene rings is 1. The van der Waals surface area contributed by atoms with Gasteiger partial charge in [-0.2, -0.15) is 0 Å². The van der Waals surface area contributed by atoms with Gasteiger partial charge in [0.25, 0.3) is 0 Å². The molecule has 0 saturated carbocycles. The topological polar surface area (TPSA) is 25.8 Å². The normalized spacial score (nSPS) is 11.4. The summed E-state index contributed by atoms with van der Waals surface area (Å²) in [6.07, 6.45) is 3.35. The first-order chi connectivity index (χ1) is 7.57. The van der Waals surface area contributed by atoms with Crippen molar-refractivity contribution in [2.75, 3.05) is 0 Å². The summed E-state index contributed by atoms with van der Waals surface area (Å²) < 4.78 is 0. The second-order valence-corrected chi connectivity index (χ2v) is 4.93. The molecule has 82 valence electrons. The van der Waals surface area contributed by atoms with Crippen molar-refractivity contribution in [3.05, 3.63) is 48.4 Å². The van der Waals surface area contributed by atoms with Gasteiger partial charge in [-0.25, -0.2) is 9.97 Å². The van der Waals surface area contributed by atoms with Gasteiger partial charge in [-0.05, 0) is 23.1 Å². The van der Waals surface area contributed by atoms with E-state index >= 15 is 0 Å². The van der Waals surface area contributed by atoms with Crippen LogP contribution >= 0.6 is 0 Å². The Morgan fingerprint density at radius 2 is 1.88 bits per heavy atom. The molecule has 0 aliphatic carbocycles. The van der Waals surface area contributed by atoms with Gasteiger partial charge in [-0.15, -0.1) is 0 Å². The first-order valence-electron chi connectivity index (χ1n) is 5.44. The second-order valence-electron chi connectivity index (χ2n) is 4.93. The van der Waals surface area contributed by atoms with E-state index in [-0.39, 0.29) is 5.41 Å². The quantitative estimate of drug-likeness (QED) is 0.723. The largest absolute Gasteiger partial charge is 0.245 e. The molecule has 0 spiro atoms. The van der Waals surface area contributed by atoms with Gasteiger partial charge < -0.3 is 0 Å². The molecule has 1 aromatic heterocycles. The molecular formula is C14H16N2. The van der Waals surface area contributed by atoms with E-state index in [4.69, 9.17) is 0 Å². The van der Waals surface area contributed by atoms with Gasteiger partial charge in [0.1, 0.15) is 6.33 Å². The SMILES string of the molecule is CC(C)(C)c1cccc(-c2ccncn2)c1. The lowest BCUT2D eigenvalue weighted by Gasteiger charge is -2.19. The average molecular weight is 212 g/mol. The Hall–Kier alpha value is -1.70. The van der Waals surface area contributed by atoms with Gasteiger partial charge in [-0.3, -0.25) is 0 Å². The minimum absolute atomic E-state index is 0.170. The van der Waals surface area contributed by atoms with Crippen molar-refractivity contribution in [2.24, 2.45) is 0 Å². The van der Waals surface area contributed by atoms with E-state index in [0.717, 1.165) is 11.3 Å².